The second-order valence-corrected chi connectivity index (χ2v) is 2.92. The van der Waals surface area contributed by atoms with E-state index < -0.39 is 17.8 Å². The normalized spacial score (nSPS) is 36.2. The van der Waals surface area contributed by atoms with E-state index in [9.17, 15) is 13.2 Å². The van der Waals surface area contributed by atoms with Gasteiger partial charge in [0.1, 0.15) is 0 Å². The molecule has 1 fully saturated rings. The Bertz CT molecular complexity index is 163. The molecule has 0 spiro atoms. The molecule has 2 nitrogen and oxygen atoms in total. The highest BCUT2D eigenvalue weighted by molar-refractivity contribution is 5.85. The van der Waals surface area contributed by atoms with Gasteiger partial charge in [0.15, 0.2) is 5.60 Å². The highest BCUT2D eigenvalue weighted by Crippen LogP contribution is 2.41. The Balaban J connectivity index is 0.00000121. The smallest absolute Gasteiger partial charge is 0.379 e. The zero-order valence-electron chi connectivity index (χ0n) is 6.27. The Labute approximate surface area is 74.3 Å². The van der Waals surface area contributed by atoms with Crippen LogP contribution in [-0.4, -0.2) is 22.9 Å². The molecule has 74 valence electrons. The minimum absolute atomic E-state index is 0. The number of aliphatic hydroxyl groups is 1. The summed E-state index contributed by atoms with van der Waals surface area (Å²) < 4.78 is 36.2. The zero-order valence-corrected chi connectivity index (χ0v) is 7.08. The molecule has 6 heteroatoms. The molecular formula is C6H11ClF3NO. The minimum Gasteiger partial charge on any atom is -0.379 e. The van der Waals surface area contributed by atoms with Crippen LogP contribution in [0.25, 0.3) is 0 Å². The predicted molar refractivity (Wildman–Crippen MR) is 40.1 cm³/mol. The van der Waals surface area contributed by atoms with Gasteiger partial charge in [-0.05, 0) is 19.3 Å². The van der Waals surface area contributed by atoms with E-state index in [-0.39, 0.29) is 25.2 Å². The van der Waals surface area contributed by atoms with Crippen molar-refractivity contribution in [3.05, 3.63) is 0 Å². The molecule has 0 aliphatic heterocycles. The van der Waals surface area contributed by atoms with E-state index in [1.807, 2.05) is 0 Å². The first-order chi connectivity index (χ1) is 4.88. The van der Waals surface area contributed by atoms with Crippen molar-refractivity contribution in [1.82, 2.24) is 0 Å². The molecule has 0 aromatic heterocycles. The van der Waals surface area contributed by atoms with Crippen molar-refractivity contribution in [3.8, 4) is 0 Å². The van der Waals surface area contributed by atoms with Crippen LogP contribution in [0.4, 0.5) is 13.2 Å². The van der Waals surface area contributed by atoms with Crippen LogP contribution >= 0.6 is 12.4 Å². The van der Waals surface area contributed by atoms with Gasteiger partial charge >= 0.3 is 6.18 Å². The molecule has 2 atom stereocenters. The summed E-state index contributed by atoms with van der Waals surface area (Å²) in [7, 11) is 0. The maximum absolute atomic E-state index is 12.1. The lowest BCUT2D eigenvalue weighted by atomic mass is 9.98. The molecule has 0 aromatic carbocycles. The third-order valence-electron chi connectivity index (χ3n) is 2.18. The monoisotopic (exact) mass is 205 g/mol. The van der Waals surface area contributed by atoms with Gasteiger partial charge in [0.2, 0.25) is 0 Å². The summed E-state index contributed by atoms with van der Waals surface area (Å²) in [6, 6.07) is -1.15. The van der Waals surface area contributed by atoms with Crippen LogP contribution in [0.1, 0.15) is 19.3 Å². The van der Waals surface area contributed by atoms with Gasteiger partial charge in [0.05, 0.1) is 0 Å². The van der Waals surface area contributed by atoms with Crippen LogP contribution in [0.2, 0.25) is 0 Å². The SMILES string of the molecule is Cl.N[C@H]1CCC[C@]1(O)C(F)(F)F. The second-order valence-electron chi connectivity index (χ2n) is 2.92. The van der Waals surface area contributed by atoms with Gasteiger partial charge in [-0.1, -0.05) is 0 Å². The third-order valence-corrected chi connectivity index (χ3v) is 2.18. The van der Waals surface area contributed by atoms with Gasteiger partial charge in [-0.3, -0.25) is 0 Å². The molecule has 1 aliphatic carbocycles. The first-order valence-electron chi connectivity index (χ1n) is 3.42. The average molecular weight is 206 g/mol. The summed E-state index contributed by atoms with van der Waals surface area (Å²) in [5.41, 5.74) is 2.50. The predicted octanol–water partition coefficient (Wildman–Crippen LogP) is 1.21. The maximum atomic E-state index is 12.1. The number of nitrogens with two attached hydrogens (primary N) is 1. The first kappa shape index (κ1) is 12.0. The first-order valence-corrected chi connectivity index (χ1v) is 3.42. The van der Waals surface area contributed by atoms with E-state index in [2.05, 4.69) is 0 Å². The van der Waals surface area contributed by atoms with Crippen molar-refractivity contribution in [2.45, 2.75) is 37.1 Å². The Morgan fingerprint density at radius 2 is 1.92 bits per heavy atom. The van der Waals surface area contributed by atoms with Gasteiger partial charge in [-0.15, -0.1) is 12.4 Å². The molecule has 0 amide bonds. The summed E-state index contributed by atoms with van der Waals surface area (Å²) in [5.74, 6) is 0. The summed E-state index contributed by atoms with van der Waals surface area (Å²) in [4.78, 5) is 0. The lowest BCUT2D eigenvalue weighted by molar-refractivity contribution is -0.261. The molecule has 1 aliphatic rings. The fourth-order valence-electron chi connectivity index (χ4n) is 1.37. The van der Waals surface area contributed by atoms with E-state index in [0.717, 1.165) is 0 Å². The number of rotatable bonds is 0. The van der Waals surface area contributed by atoms with Crippen LogP contribution in [0, 0.1) is 0 Å². The fraction of sp³-hybridized carbons (Fsp3) is 1.00. The highest BCUT2D eigenvalue weighted by Gasteiger charge is 2.59. The van der Waals surface area contributed by atoms with E-state index in [4.69, 9.17) is 10.8 Å². The Hall–Kier alpha value is -0.0000000000000000555. The third kappa shape index (κ3) is 1.67. The average Bonchev–Trinajstić information content (AvgIpc) is 2.12. The molecular weight excluding hydrogens is 195 g/mol. The summed E-state index contributed by atoms with van der Waals surface area (Å²) in [6.45, 7) is 0. The van der Waals surface area contributed by atoms with Crippen molar-refractivity contribution in [3.63, 3.8) is 0 Å². The Kier molecular flexibility index (Phi) is 3.40. The molecule has 1 rings (SSSR count). The van der Waals surface area contributed by atoms with Crippen molar-refractivity contribution < 1.29 is 18.3 Å². The molecule has 12 heavy (non-hydrogen) atoms. The zero-order chi connectivity index (χ0) is 8.70. The van der Waals surface area contributed by atoms with Crippen LogP contribution in [0.5, 0.6) is 0 Å². The van der Waals surface area contributed by atoms with E-state index in [1.54, 1.807) is 0 Å². The molecule has 0 saturated heterocycles. The van der Waals surface area contributed by atoms with Crippen LogP contribution < -0.4 is 5.73 Å². The standard InChI is InChI=1S/C6H10F3NO.ClH/c7-6(8,9)5(11)3-1-2-4(5)10;/h4,11H,1-3,10H2;1H/t4-,5+;/m0./s1. The van der Waals surface area contributed by atoms with Gasteiger partial charge in [0, 0.05) is 6.04 Å². The van der Waals surface area contributed by atoms with E-state index >= 15 is 0 Å². The summed E-state index contributed by atoms with van der Waals surface area (Å²) in [5, 5.41) is 9.05. The van der Waals surface area contributed by atoms with Gasteiger partial charge in [-0.2, -0.15) is 13.2 Å². The van der Waals surface area contributed by atoms with Gasteiger partial charge < -0.3 is 10.8 Å². The number of halogens is 4. The molecule has 0 aromatic rings. The van der Waals surface area contributed by atoms with E-state index in [0.29, 0.717) is 6.42 Å². The number of alkyl halides is 3. The van der Waals surface area contributed by atoms with E-state index in [1.165, 1.54) is 0 Å². The molecule has 0 unspecified atom stereocenters. The topological polar surface area (TPSA) is 46.2 Å². The minimum atomic E-state index is -4.58. The van der Waals surface area contributed by atoms with Crippen molar-refractivity contribution in [1.29, 1.82) is 0 Å². The fourth-order valence-corrected chi connectivity index (χ4v) is 1.37. The molecule has 0 heterocycles. The molecule has 3 N–H and O–H groups in total. The Morgan fingerprint density at radius 1 is 1.42 bits per heavy atom. The van der Waals surface area contributed by atoms with Crippen LogP contribution in [0.3, 0.4) is 0 Å². The second kappa shape index (κ2) is 3.40. The van der Waals surface area contributed by atoms with Crippen molar-refractivity contribution in [2.24, 2.45) is 5.73 Å². The largest absolute Gasteiger partial charge is 0.418 e. The lowest BCUT2D eigenvalue weighted by Gasteiger charge is -2.29. The molecule has 0 radical (unpaired) electrons. The summed E-state index contributed by atoms with van der Waals surface area (Å²) >= 11 is 0. The number of hydrogen-bond donors (Lipinski definition) is 2. The maximum Gasteiger partial charge on any atom is 0.418 e. The highest BCUT2D eigenvalue weighted by atomic mass is 35.5. The molecule has 1 saturated carbocycles. The number of hydrogen-bond acceptors (Lipinski definition) is 2. The Morgan fingerprint density at radius 3 is 2.08 bits per heavy atom. The quantitative estimate of drug-likeness (QED) is 0.625. The molecule has 0 bridgehead atoms. The van der Waals surface area contributed by atoms with Crippen molar-refractivity contribution in [2.75, 3.05) is 0 Å². The van der Waals surface area contributed by atoms with Crippen LogP contribution in [-0.2, 0) is 0 Å². The van der Waals surface area contributed by atoms with Gasteiger partial charge in [0.25, 0.3) is 0 Å². The summed E-state index contributed by atoms with van der Waals surface area (Å²) in [6.07, 6.45) is -4.26. The lowest BCUT2D eigenvalue weighted by Crippen LogP contribution is -2.54. The van der Waals surface area contributed by atoms with Crippen LogP contribution in [0.15, 0.2) is 0 Å². The van der Waals surface area contributed by atoms with Crippen molar-refractivity contribution >= 4 is 12.4 Å². The van der Waals surface area contributed by atoms with Gasteiger partial charge in [-0.25, -0.2) is 0 Å².